The van der Waals surface area contributed by atoms with Crippen LogP contribution >= 0.6 is 23.1 Å². The van der Waals surface area contributed by atoms with E-state index in [1.165, 1.54) is 20.5 Å². The zero-order valence-electron chi connectivity index (χ0n) is 27.5. The Bertz CT molecular complexity index is 2730. The van der Waals surface area contributed by atoms with Crippen molar-refractivity contribution in [3.05, 3.63) is 157 Å². The average molecular weight is 706 g/mol. The summed E-state index contributed by atoms with van der Waals surface area (Å²) in [5.74, 6) is 2.08. The Balaban J connectivity index is 1.31. The summed E-state index contributed by atoms with van der Waals surface area (Å²) in [6.45, 7) is 0. The maximum atomic E-state index is 6.74. The number of thioether (sulfide) groups is 1. The minimum Gasteiger partial charge on any atom is -0.456 e. The minimum absolute atomic E-state index is 0.0780. The number of fused-ring (bicyclic) bond motifs is 5. The first-order valence-electron chi connectivity index (χ1n) is 17.2. The van der Waals surface area contributed by atoms with E-state index in [2.05, 4.69) is 108 Å². The van der Waals surface area contributed by atoms with Gasteiger partial charge in [0.05, 0.1) is 16.3 Å². The number of aromatic nitrogens is 3. The Hall–Kier alpha value is -6.15. The first-order chi connectivity index (χ1) is 25.7. The second kappa shape index (κ2) is 11.7. The molecule has 6 aromatic carbocycles. The van der Waals surface area contributed by atoms with Gasteiger partial charge in [0.15, 0.2) is 5.58 Å². The molecule has 7 heteroatoms. The van der Waals surface area contributed by atoms with Gasteiger partial charge in [0, 0.05) is 42.1 Å². The lowest BCUT2D eigenvalue weighted by molar-refractivity contribution is 0.619. The largest absolute Gasteiger partial charge is 0.456 e. The van der Waals surface area contributed by atoms with Crippen molar-refractivity contribution < 1.29 is 8.83 Å². The molecule has 0 radical (unpaired) electrons. The molecule has 0 bridgehead atoms. The van der Waals surface area contributed by atoms with E-state index in [0.29, 0.717) is 5.89 Å². The number of hydrogen-bond acceptors (Lipinski definition) is 6. The van der Waals surface area contributed by atoms with Gasteiger partial charge in [0.2, 0.25) is 5.89 Å². The maximum Gasteiger partial charge on any atom is 0.228 e. The summed E-state index contributed by atoms with van der Waals surface area (Å²) in [4.78, 5) is 16.4. The number of hydrogen-bond donors (Lipinski definition) is 1. The molecule has 11 rings (SSSR count). The smallest absolute Gasteiger partial charge is 0.228 e. The molecule has 4 aromatic heterocycles. The van der Waals surface area contributed by atoms with Crippen LogP contribution in [0.3, 0.4) is 0 Å². The summed E-state index contributed by atoms with van der Waals surface area (Å²) in [5.41, 5.74) is 10.5. The maximum absolute atomic E-state index is 6.74. The van der Waals surface area contributed by atoms with Gasteiger partial charge in [-0.25, -0.2) is 9.97 Å². The summed E-state index contributed by atoms with van der Waals surface area (Å²) < 4.78 is 14.6. The van der Waals surface area contributed by atoms with Crippen molar-refractivity contribution in [1.82, 2.24) is 15.0 Å². The summed E-state index contributed by atoms with van der Waals surface area (Å²) in [6, 6.07) is 48.2. The number of aromatic amines is 1. The quantitative estimate of drug-likeness (QED) is 0.193. The van der Waals surface area contributed by atoms with Crippen molar-refractivity contribution in [3.8, 4) is 44.6 Å². The number of imidazole rings is 1. The van der Waals surface area contributed by atoms with E-state index in [4.69, 9.17) is 18.8 Å². The van der Waals surface area contributed by atoms with E-state index >= 15 is 0 Å². The molecule has 0 saturated heterocycles. The fourth-order valence-corrected chi connectivity index (χ4v) is 9.75. The number of H-pyrrole nitrogens is 1. The molecule has 1 aliphatic rings. The Labute approximate surface area is 306 Å². The zero-order chi connectivity index (χ0) is 34.2. The zero-order valence-corrected chi connectivity index (χ0v) is 29.2. The number of nitrogens with one attached hydrogen (secondary N) is 1. The number of para-hydroxylation sites is 5. The molecule has 246 valence electrons. The number of nitrogens with zero attached hydrogens (tertiary/aromatic N) is 2. The normalized spacial score (nSPS) is 14.2. The van der Waals surface area contributed by atoms with Crippen molar-refractivity contribution >= 4 is 72.4 Å². The minimum atomic E-state index is -0.0780. The number of rotatable bonds is 5. The molecule has 0 spiro atoms. The molecule has 5 heterocycles. The third-order valence-electron chi connectivity index (χ3n) is 9.79. The van der Waals surface area contributed by atoms with Crippen LogP contribution in [-0.4, -0.2) is 15.0 Å². The van der Waals surface area contributed by atoms with Crippen LogP contribution in [0.5, 0.6) is 0 Å². The van der Waals surface area contributed by atoms with Gasteiger partial charge < -0.3 is 13.8 Å². The summed E-state index contributed by atoms with van der Waals surface area (Å²) >= 11 is 3.65. The van der Waals surface area contributed by atoms with Crippen molar-refractivity contribution in [2.24, 2.45) is 0 Å². The molecule has 1 N–H and O–H groups in total. The molecule has 0 saturated carbocycles. The van der Waals surface area contributed by atoms with Crippen molar-refractivity contribution in [2.45, 2.75) is 10.1 Å². The second-order valence-electron chi connectivity index (χ2n) is 13.0. The van der Waals surface area contributed by atoms with E-state index in [1.54, 1.807) is 11.3 Å². The average Bonchev–Trinajstić information content (AvgIpc) is 4.00. The fraction of sp³-hybridized carbons (Fsp3) is 0.0222. The Kier molecular flexibility index (Phi) is 6.65. The molecule has 0 amide bonds. The van der Waals surface area contributed by atoms with Gasteiger partial charge in [-0.2, -0.15) is 0 Å². The molecule has 52 heavy (non-hydrogen) atoms. The third-order valence-corrected chi connectivity index (χ3v) is 12.2. The Morgan fingerprint density at radius 3 is 2.25 bits per heavy atom. The highest BCUT2D eigenvalue weighted by molar-refractivity contribution is 7.99. The topological polar surface area (TPSA) is 67.8 Å². The van der Waals surface area contributed by atoms with Gasteiger partial charge >= 0.3 is 0 Å². The fourth-order valence-electron chi connectivity index (χ4n) is 7.40. The van der Waals surface area contributed by atoms with E-state index in [0.717, 1.165) is 77.4 Å². The Morgan fingerprint density at radius 2 is 1.38 bits per heavy atom. The van der Waals surface area contributed by atoms with Crippen molar-refractivity contribution in [2.75, 3.05) is 0 Å². The molecule has 5 nitrogen and oxygen atoms in total. The standard InChI is InChI=1S/C45H27N3O2S2/c1-7-17-34-27(12-1)23-36(49-34)29-25-30(45-48-33-16-6-8-18-35(33)50-45)42(44-46-31-14-4-5-15-32(31)47-44)43(39-22-21-26-11-2-9-19-37(26)51-39)41(29)40-24-28-13-3-10-20-38(28)52-40/h1-25,39H,(H,46,47). The molecule has 0 aliphatic carbocycles. The SMILES string of the molecule is C1=CC(c2c(-c3nc4ccccc4[nH]3)c(-c3nc4ccccc4o3)cc(-c3cc4ccccc4o3)c2-c2cc3ccccc3s2)Sc2ccccc21. The number of furan rings is 1. The van der Waals surface area contributed by atoms with Crippen molar-refractivity contribution in [1.29, 1.82) is 0 Å². The summed E-state index contributed by atoms with van der Waals surface area (Å²) in [5, 5.41) is 2.17. The van der Waals surface area contributed by atoms with E-state index < -0.39 is 0 Å². The second-order valence-corrected chi connectivity index (χ2v) is 15.2. The monoisotopic (exact) mass is 705 g/mol. The van der Waals surface area contributed by atoms with Crippen LogP contribution in [0.2, 0.25) is 0 Å². The predicted octanol–water partition coefficient (Wildman–Crippen LogP) is 13.2. The van der Waals surface area contributed by atoms with Crippen molar-refractivity contribution in [3.63, 3.8) is 0 Å². The van der Waals surface area contributed by atoms with E-state index in [1.807, 2.05) is 60.3 Å². The van der Waals surface area contributed by atoms with Gasteiger partial charge in [-0.1, -0.05) is 91.0 Å². The molecular weight excluding hydrogens is 679 g/mol. The van der Waals surface area contributed by atoms with Crippen LogP contribution in [0.1, 0.15) is 16.4 Å². The molecular formula is C45H27N3O2S2. The Morgan fingerprint density at radius 1 is 0.615 bits per heavy atom. The number of thiophene rings is 1. The van der Waals surface area contributed by atoms with Crippen LogP contribution in [-0.2, 0) is 0 Å². The number of benzene rings is 6. The van der Waals surface area contributed by atoms with E-state index in [-0.39, 0.29) is 5.25 Å². The molecule has 1 atom stereocenters. The van der Waals surface area contributed by atoms with Gasteiger partial charge in [-0.15, -0.1) is 23.1 Å². The van der Waals surface area contributed by atoms with Crippen LogP contribution in [0, 0.1) is 0 Å². The summed E-state index contributed by atoms with van der Waals surface area (Å²) in [6.07, 6.45) is 4.57. The van der Waals surface area contributed by atoms with Crippen LogP contribution in [0.4, 0.5) is 0 Å². The van der Waals surface area contributed by atoms with Gasteiger partial charge in [-0.05, 0) is 77.2 Å². The third kappa shape index (κ3) is 4.78. The van der Waals surface area contributed by atoms with Crippen LogP contribution in [0.15, 0.2) is 159 Å². The first kappa shape index (κ1) is 29.6. The predicted molar refractivity (Wildman–Crippen MR) is 215 cm³/mol. The molecule has 1 unspecified atom stereocenters. The lowest BCUT2D eigenvalue weighted by atomic mass is 9.86. The molecule has 0 fully saturated rings. The van der Waals surface area contributed by atoms with Gasteiger partial charge in [0.1, 0.15) is 22.7 Å². The lowest BCUT2D eigenvalue weighted by Gasteiger charge is -2.26. The molecule has 1 aliphatic heterocycles. The van der Waals surface area contributed by atoms with Gasteiger partial charge in [0.25, 0.3) is 0 Å². The van der Waals surface area contributed by atoms with E-state index in [9.17, 15) is 0 Å². The first-order valence-corrected chi connectivity index (χ1v) is 18.9. The molecule has 10 aromatic rings. The highest BCUT2D eigenvalue weighted by Gasteiger charge is 2.33. The number of oxazole rings is 1. The van der Waals surface area contributed by atoms with Gasteiger partial charge in [-0.3, -0.25) is 0 Å². The van der Waals surface area contributed by atoms with Crippen LogP contribution < -0.4 is 0 Å². The lowest BCUT2D eigenvalue weighted by Crippen LogP contribution is -2.05. The van der Waals surface area contributed by atoms with Crippen LogP contribution in [0.25, 0.3) is 93.9 Å². The highest BCUT2D eigenvalue weighted by atomic mass is 32.2. The summed E-state index contributed by atoms with van der Waals surface area (Å²) in [7, 11) is 0. The highest BCUT2D eigenvalue weighted by Crippen LogP contribution is 2.55.